The van der Waals surface area contributed by atoms with E-state index in [4.69, 9.17) is 28.7 Å². The van der Waals surface area contributed by atoms with Crippen LogP contribution in [-0.4, -0.2) is 91.0 Å². The highest BCUT2D eigenvalue weighted by molar-refractivity contribution is 7.99. The van der Waals surface area contributed by atoms with E-state index in [0.29, 0.717) is 38.2 Å². The number of halogens is 2. The molecule has 0 rings (SSSR count). The van der Waals surface area contributed by atoms with Gasteiger partial charge in [-0.1, -0.05) is 103 Å². The van der Waals surface area contributed by atoms with Crippen LogP contribution < -0.4 is 5.32 Å². The number of rotatable bonds is 39. The van der Waals surface area contributed by atoms with Crippen molar-refractivity contribution in [3.05, 3.63) is 0 Å². The molecule has 1 amide bonds. The molecule has 0 fully saturated rings. The smallest absolute Gasteiger partial charge is 0.394 e. The molecule has 0 spiro atoms. The molecule has 0 bridgehead atoms. The molecule has 11 nitrogen and oxygen atoms in total. The van der Waals surface area contributed by atoms with Crippen molar-refractivity contribution in [2.75, 3.05) is 57.7 Å². The molecule has 52 heavy (non-hydrogen) atoms. The van der Waals surface area contributed by atoms with Crippen molar-refractivity contribution in [3.63, 3.8) is 0 Å². The Bertz CT molecular complexity index is 929. The van der Waals surface area contributed by atoms with Gasteiger partial charge in [0, 0.05) is 38.0 Å². The molecular formula is C37H70F2NO10PS. The number of nitrogens with one attached hydrogen (secondary N) is 1. The van der Waals surface area contributed by atoms with E-state index >= 15 is 0 Å². The van der Waals surface area contributed by atoms with Gasteiger partial charge >= 0.3 is 25.2 Å². The van der Waals surface area contributed by atoms with Crippen LogP contribution in [0, 0.1) is 0 Å². The quantitative estimate of drug-likeness (QED) is 0.0311. The third-order valence-corrected chi connectivity index (χ3v) is 10.5. The molecule has 0 radical (unpaired) electrons. The second kappa shape index (κ2) is 35.4. The predicted molar refractivity (Wildman–Crippen MR) is 203 cm³/mol. The van der Waals surface area contributed by atoms with Crippen LogP contribution in [0.5, 0.6) is 0 Å². The number of unbranched alkanes of at least 4 members (excludes halogenated alkanes) is 16. The van der Waals surface area contributed by atoms with Crippen LogP contribution in [0.2, 0.25) is 0 Å². The lowest BCUT2D eigenvalue weighted by Gasteiger charge is -2.17. The minimum Gasteiger partial charge on any atom is -0.466 e. The van der Waals surface area contributed by atoms with Gasteiger partial charge in [0.25, 0.3) is 0 Å². The van der Waals surface area contributed by atoms with Gasteiger partial charge in [-0.3, -0.25) is 18.9 Å². The molecule has 15 heteroatoms. The minimum absolute atomic E-state index is 0.0127. The Labute approximate surface area is 316 Å². The van der Waals surface area contributed by atoms with Gasteiger partial charge in [-0.05, 0) is 31.4 Å². The van der Waals surface area contributed by atoms with E-state index in [2.05, 4.69) is 12.2 Å². The van der Waals surface area contributed by atoms with Crippen LogP contribution in [-0.2, 0) is 37.9 Å². The molecular weight excluding hydrogens is 719 g/mol. The van der Waals surface area contributed by atoms with E-state index in [0.717, 1.165) is 63.5 Å². The molecule has 0 saturated heterocycles. The Morgan fingerprint density at radius 1 is 0.596 bits per heavy atom. The van der Waals surface area contributed by atoms with Crippen LogP contribution in [0.15, 0.2) is 0 Å². The molecule has 0 aliphatic heterocycles. The number of hydrogen-bond acceptors (Lipinski definition) is 9. The fourth-order valence-electron chi connectivity index (χ4n) is 5.15. The largest absolute Gasteiger partial charge is 0.466 e. The Balaban J connectivity index is 3.36. The molecule has 308 valence electrons. The van der Waals surface area contributed by atoms with Gasteiger partial charge in [0.05, 0.1) is 39.6 Å². The average molecular weight is 790 g/mol. The number of carbonyl (C=O) groups is 3. The molecule has 0 atom stereocenters. The van der Waals surface area contributed by atoms with Crippen LogP contribution in [0.25, 0.3) is 0 Å². The number of hydrogen-bond donors (Lipinski definition) is 3. The highest BCUT2D eigenvalue weighted by Gasteiger charge is 2.48. The summed E-state index contributed by atoms with van der Waals surface area (Å²) in [5, 5.41) is 2.71. The maximum absolute atomic E-state index is 13.1. The van der Waals surface area contributed by atoms with E-state index < -0.39 is 26.3 Å². The summed E-state index contributed by atoms with van der Waals surface area (Å²) in [6.07, 6.45) is 21.9. The Morgan fingerprint density at radius 3 is 1.58 bits per heavy atom. The van der Waals surface area contributed by atoms with Gasteiger partial charge in [-0.25, -0.2) is 0 Å². The monoisotopic (exact) mass is 789 g/mol. The van der Waals surface area contributed by atoms with Crippen molar-refractivity contribution < 1.29 is 56.5 Å². The highest BCUT2D eigenvalue weighted by atomic mass is 32.2. The lowest BCUT2D eigenvalue weighted by molar-refractivity contribution is -0.144. The third kappa shape index (κ3) is 34.5. The first-order valence-electron chi connectivity index (χ1n) is 19.7. The summed E-state index contributed by atoms with van der Waals surface area (Å²) >= 11 is 1.61. The fourth-order valence-corrected chi connectivity index (χ4v) is 6.39. The molecule has 0 saturated carbocycles. The van der Waals surface area contributed by atoms with Crippen molar-refractivity contribution in [2.24, 2.45) is 0 Å². The number of amides is 1. The average Bonchev–Trinajstić information content (AvgIpc) is 3.09. The van der Waals surface area contributed by atoms with Gasteiger partial charge in [0.2, 0.25) is 5.91 Å². The lowest BCUT2D eigenvalue weighted by atomic mass is 10.1. The van der Waals surface area contributed by atoms with Gasteiger partial charge in [-0.2, -0.15) is 20.5 Å². The maximum Gasteiger partial charge on any atom is 0.394 e. The van der Waals surface area contributed by atoms with Gasteiger partial charge < -0.3 is 34.1 Å². The zero-order valence-electron chi connectivity index (χ0n) is 31.9. The molecule has 0 aromatic rings. The molecule has 3 N–H and O–H groups in total. The molecule has 0 unspecified atom stereocenters. The number of alkyl halides is 2. The van der Waals surface area contributed by atoms with Crippen molar-refractivity contribution in [3.8, 4) is 0 Å². The first-order chi connectivity index (χ1) is 25.0. The summed E-state index contributed by atoms with van der Waals surface area (Å²) in [5.74, 6) is 1.10. The molecule has 0 aromatic heterocycles. The predicted octanol–water partition coefficient (Wildman–Crippen LogP) is 8.72. The normalized spacial score (nSPS) is 11.9. The SMILES string of the molecule is CCCCCCCCCCCC(=O)OCCCCCCCCCCCC(=O)OCCCSCCC(=O)NCCOCCOCCC(F)(F)P(=O)(O)O. The number of ether oxygens (including phenoxy) is 4. The summed E-state index contributed by atoms with van der Waals surface area (Å²) in [4.78, 5) is 52.8. The summed E-state index contributed by atoms with van der Waals surface area (Å²) < 4.78 is 57.6. The van der Waals surface area contributed by atoms with Gasteiger partial charge in [0.1, 0.15) is 0 Å². The molecule has 0 aliphatic carbocycles. The zero-order chi connectivity index (χ0) is 38.6. The zero-order valence-corrected chi connectivity index (χ0v) is 33.6. The van der Waals surface area contributed by atoms with Crippen molar-refractivity contribution >= 4 is 37.2 Å². The summed E-state index contributed by atoms with van der Waals surface area (Å²) in [7, 11) is -5.50. The van der Waals surface area contributed by atoms with Crippen LogP contribution in [0.3, 0.4) is 0 Å². The third-order valence-electron chi connectivity index (χ3n) is 8.36. The number of esters is 2. The first kappa shape index (κ1) is 50.7. The van der Waals surface area contributed by atoms with Crippen molar-refractivity contribution in [1.82, 2.24) is 5.32 Å². The van der Waals surface area contributed by atoms with E-state index in [9.17, 15) is 27.7 Å². The number of carbonyl (C=O) groups excluding carboxylic acids is 3. The number of thioether (sulfide) groups is 1. The van der Waals surface area contributed by atoms with Crippen LogP contribution >= 0.6 is 19.4 Å². The highest BCUT2D eigenvalue weighted by Crippen LogP contribution is 2.54. The summed E-state index contributed by atoms with van der Waals surface area (Å²) in [6, 6.07) is 0. The Hall–Kier alpha value is -1.31. The second-order valence-electron chi connectivity index (χ2n) is 13.2. The lowest BCUT2D eigenvalue weighted by Crippen LogP contribution is -2.28. The Morgan fingerprint density at radius 2 is 1.06 bits per heavy atom. The standard InChI is InChI=1S/C37H70F2NO10PS/c1-2-3-4-5-6-8-11-14-17-21-35(42)49-26-19-16-13-10-7-9-12-15-18-22-36(43)50-27-20-32-52-33-23-34(41)40-25-29-48-31-30-47-28-24-37(38,39)51(44,45)46/h2-33H2,1H3,(H,40,41)(H2,44,45,46). The van der Waals surface area contributed by atoms with Gasteiger partial charge in [0.15, 0.2) is 0 Å². The van der Waals surface area contributed by atoms with Gasteiger partial charge in [-0.15, -0.1) is 0 Å². The van der Waals surface area contributed by atoms with E-state index in [-0.39, 0.29) is 44.2 Å². The first-order valence-corrected chi connectivity index (χ1v) is 22.5. The van der Waals surface area contributed by atoms with Crippen molar-refractivity contribution in [1.29, 1.82) is 0 Å². The molecule has 0 aromatic carbocycles. The van der Waals surface area contributed by atoms with E-state index in [1.54, 1.807) is 11.8 Å². The van der Waals surface area contributed by atoms with Crippen molar-refractivity contribution in [2.45, 2.75) is 160 Å². The minimum atomic E-state index is -5.50. The maximum atomic E-state index is 13.1. The summed E-state index contributed by atoms with van der Waals surface area (Å²) in [5.41, 5.74) is -4.11. The van der Waals surface area contributed by atoms with E-state index in [1.165, 1.54) is 64.2 Å². The fraction of sp³-hybridized carbons (Fsp3) is 0.919. The van der Waals surface area contributed by atoms with Crippen LogP contribution in [0.4, 0.5) is 8.78 Å². The van der Waals surface area contributed by atoms with Crippen LogP contribution in [0.1, 0.15) is 155 Å². The second-order valence-corrected chi connectivity index (χ2v) is 16.2. The molecule has 0 heterocycles. The van der Waals surface area contributed by atoms with E-state index in [1.807, 2.05) is 0 Å². The topological polar surface area (TPSA) is 158 Å². The summed E-state index contributed by atoms with van der Waals surface area (Å²) in [6.45, 7) is 3.24. The molecule has 0 aliphatic rings. The Kier molecular flexibility index (Phi) is 34.5.